The Labute approximate surface area is 189 Å². The van der Waals surface area contributed by atoms with Gasteiger partial charge in [0.05, 0.1) is 0 Å². The molecule has 0 aliphatic heterocycles. The Kier molecular flexibility index (Phi) is 6.11. The molecule has 0 heterocycles. The maximum absolute atomic E-state index is 11.8. The van der Waals surface area contributed by atoms with Crippen LogP contribution in [-0.4, -0.2) is 24.4 Å². The van der Waals surface area contributed by atoms with Crippen molar-refractivity contribution >= 4 is 16.2 Å². The zero-order chi connectivity index (χ0) is 19.4. The topological polar surface area (TPSA) is 83.5 Å². The molecular formula is C21H25NaO5S. The van der Waals surface area contributed by atoms with E-state index in [9.17, 15) is 17.8 Å². The predicted molar refractivity (Wildman–Crippen MR) is 99.0 cm³/mol. The van der Waals surface area contributed by atoms with Crippen LogP contribution in [0.4, 0.5) is 0 Å². The summed E-state index contributed by atoms with van der Waals surface area (Å²) in [6.07, 6.45) is 17.0. The van der Waals surface area contributed by atoms with Gasteiger partial charge in [0.1, 0.15) is 0 Å². The number of carbonyl (C=O) groups is 1. The molecule has 0 spiro atoms. The molecule has 0 saturated heterocycles. The number of fused-ring (bicyclic) bond motifs is 5. The molecule has 0 aromatic carbocycles. The summed E-state index contributed by atoms with van der Waals surface area (Å²) in [6.45, 7) is 2.00. The van der Waals surface area contributed by atoms with E-state index in [0.717, 1.165) is 32.1 Å². The van der Waals surface area contributed by atoms with E-state index in [1.165, 1.54) is 5.57 Å². The number of rotatable bonds is 3. The zero-order valence-electron chi connectivity index (χ0n) is 16.5. The summed E-state index contributed by atoms with van der Waals surface area (Å²) in [4.78, 5) is 11.8. The van der Waals surface area contributed by atoms with Crippen molar-refractivity contribution in [1.82, 2.24) is 0 Å². The molecule has 0 radical (unpaired) electrons. The SMILES string of the molecule is C#C[C@]1(OS(=O)(=O)[O-])C=C[C@H]2[C@@H]3CCC4=CC(=O)CC[C@@H]4[C@H]3CC[C@@]21CC.[Na+]. The normalized spacial score (nSPS) is 41.8. The van der Waals surface area contributed by atoms with Crippen molar-refractivity contribution in [1.29, 1.82) is 0 Å². The Hall–Kier alpha value is -0.420. The first-order valence-corrected chi connectivity index (χ1v) is 11.2. The van der Waals surface area contributed by atoms with Crippen LogP contribution in [0.5, 0.6) is 0 Å². The molecule has 2 saturated carbocycles. The van der Waals surface area contributed by atoms with E-state index >= 15 is 0 Å². The number of ketones is 1. The fourth-order valence-electron chi connectivity index (χ4n) is 6.65. The molecule has 0 unspecified atom stereocenters. The molecule has 0 N–H and O–H groups in total. The van der Waals surface area contributed by atoms with E-state index in [0.29, 0.717) is 30.6 Å². The molecule has 0 aromatic heterocycles. The van der Waals surface area contributed by atoms with Gasteiger partial charge >= 0.3 is 29.6 Å². The van der Waals surface area contributed by atoms with E-state index in [1.807, 2.05) is 19.1 Å². The standard InChI is InChI=1S/C21H26O5S.Na/c1-3-20-11-9-17-16-8-6-15(22)13-14(16)5-7-18(17)19(20)10-12-21(20,4-2)26-27(23,24)25;/h2,10,12-13,16-19H,3,5-9,11H2,1H3,(H,23,24,25);/q;+1/p-1/t16-,17+,18+,19-,20-,21-;/m0./s1. The van der Waals surface area contributed by atoms with Gasteiger partial charge in [-0.3, -0.25) is 8.98 Å². The van der Waals surface area contributed by atoms with Gasteiger partial charge < -0.3 is 4.55 Å². The molecule has 7 heteroatoms. The molecule has 6 atom stereocenters. The van der Waals surface area contributed by atoms with Crippen molar-refractivity contribution in [3.8, 4) is 12.3 Å². The van der Waals surface area contributed by atoms with Gasteiger partial charge in [-0.15, -0.1) is 6.42 Å². The van der Waals surface area contributed by atoms with Crippen molar-refractivity contribution in [2.75, 3.05) is 0 Å². The van der Waals surface area contributed by atoms with Crippen molar-refractivity contribution < 1.29 is 51.5 Å². The Morgan fingerprint density at radius 2 is 2.04 bits per heavy atom. The second kappa shape index (κ2) is 7.68. The first-order valence-electron chi connectivity index (χ1n) is 9.82. The van der Waals surface area contributed by atoms with Crippen molar-refractivity contribution in [3.05, 3.63) is 23.8 Å². The van der Waals surface area contributed by atoms with E-state index in [2.05, 4.69) is 5.92 Å². The minimum Gasteiger partial charge on any atom is -0.725 e. The van der Waals surface area contributed by atoms with Gasteiger partial charge in [-0.05, 0) is 74.3 Å². The van der Waals surface area contributed by atoms with Crippen LogP contribution in [0.3, 0.4) is 0 Å². The molecule has 4 aliphatic carbocycles. The average molecular weight is 412 g/mol. The molecule has 4 rings (SSSR count). The molecular weight excluding hydrogens is 387 g/mol. The third kappa shape index (κ3) is 3.29. The molecule has 0 bridgehead atoms. The largest absolute Gasteiger partial charge is 1.00 e. The van der Waals surface area contributed by atoms with Gasteiger partial charge in [0, 0.05) is 11.8 Å². The number of allylic oxidation sites excluding steroid dienone is 3. The van der Waals surface area contributed by atoms with Gasteiger partial charge in [0.25, 0.3) is 0 Å². The maximum Gasteiger partial charge on any atom is 1.00 e. The second-order valence-corrected chi connectivity index (χ2v) is 9.49. The molecule has 0 aromatic rings. The van der Waals surface area contributed by atoms with Crippen LogP contribution in [0, 0.1) is 41.4 Å². The quantitative estimate of drug-likeness (QED) is 0.217. The monoisotopic (exact) mass is 412 g/mol. The maximum atomic E-state index is 11.8. The first-order chi connectivity index (χ1) is 12.8. The van der Waals surface area contributed by atoms with Gasteiger partial charge in [-0.1, -0.05) is 24.5 Å². The molecule has 2 fully saturated rings. The summed E-state index contributed by atoms with van der Waals surface area (Å²) in [6, 6.07) is 0. The summed E-state index contributed by atoms with van der Waals surface area (Å²) in [5.74, 6) is 4.16. The molecule has 28 heavy (non-hydrogen) atoms. The van der Waals surface area contributed by atoms with Crippen LogP contribution >= 0.6 is 0 Å². The van der Waals surface area contributed by atoms with Crippen LogP contribution in [0.2, 0.25) is 0 Å². The molecule has 4 aliphatic rings. The van der Waals surface area contributed by atoms with Crippen molar-refractivity contribution in [2.45, 2.75) is 57.5 Å². The summed E-state index contributed by atoms with van der Waals surface area (Å²) in [7, 11) is -4.92. The minimum absolute atomic E-state index is 0. The Morgan fingerprint density at radius 3 is 2.68 bits per heavy atom. The zero-order valence-corrected chi connectivity index (χ0v) is 19.3. The van der Waals surface area contributed by atoms with Gasteiger partial charge in [0.15, 0.2) is 11.4 Å². The first kappa shape index (κ1) is 22.3. The van der Waals surface area contributed by atoms with Crippen LogP contribution in [0.25, 0.3) is 0 Å². The van der Waals surface area contributed by atoms with Gasteiger partial charge in [-0.2, -0.15) is 0 Å². The van der Waals surface area contributed by atoms with E-state index in [4.69, 9.17) is 10.6 Å². The third-order valence-corrected chi connectivity index (χ3v) is 8.20. The number of terminal acetylenes is 1. The minimum atomic E-state index is -4.92. The summed E-state index contributed by atoms with van der Waals surface area (Å²) in [5, 5.41) is 0. The fourth-order valence-corrected chi connectivity index (χ4v) is 7.24. The van der Waals surface area contributed by atoms with E-state index in [1.54, 1.807) is 6.08 Å². The molecule has 146 valence electrons. The summed E-state index contributed by atoms with van der Waals surface area (Å²) in [5.41, 5.74) is -0.761. The van der Waals surface area contributed by atoms with Crippen LogP contribution < -0.4 is 29.6 Å². The average Bonchev–Trinajstić information content (AvgIpc) is 2.94. The van der Waals surface area contributed by atoms with E-state index in [-0.39, 0.29) is 41.3 Å². The molecule has 0 amide bonds. The van der Waals surface area contributed by atoms with Gasteiger partial charge in [0.2, 0.25) is 10.4 Å². The number of carbonyl (C=O) groups excluding carboxylic acids is 1. The Balaban J connectivity index is 0.00000225. The number of hydrogen-bond acceptors (Lipinski definition) is 5. The fraction of sp³-hybridized carbons (Fsp3) is 0.667. The van der Waals surface area contributed by atoms with Crippen LogP contribution in [0.1, 0.15) is 51.9 Å². The van der Waals surface area contributed by atoms with Crippen LogP contribution in [0.15, 0.2) is 23.8 Å². The number of hydrogen-bond donors (Lipinski definition) is 0. The van der Waals surface area contributed by atoms with Crippen molar-refractivity contribution in [2.24, 2.45) is 29.1 Å². The molecule has 5 nitrogen and oxygen atoms in total. The van der Waals surface area contributed by atoms with Crippen molar-refractivity contribution in [3.63, 3.8) is 0 Å². The Bertz CT molecular complexity index is 870. The summed E-state index contributed by atoms with van der Waals surface area (Å²) >= 11 is 0. The predicted octanol–water partition coefficient (Wildman–Crippen LogP) is 0.147. The second-order valence-electron chi connectivity index (χ2n) is 8.50. The Morgan fingerprint density at radius 1 is 1.29 bits per heavy atom. The van der Waals surface area contributed by atoms with E-state index < -0.39 is 21.4 Å². The summed E-state index contributed by atoms with van der Waals surface area (Å²) < 4.78 is 39.4. The third-order valence-electron chi connectivity index (χ3n) is 7.74. The smallest absolute Gasteiger partial charge is 0.725 e. The van der Waals surface area contributed by atoms with Crippen LogP contribution in [-0.2, 0) is 19.4 Å². The van der Waals surface area contributed by atoms with Gasteiger partial charge in [-0.25, -0.2) is 8.42 Å².